The molecule has 2 N–H and O–H groups in total. The molecule has 0 radical (unpaired) electrons. The van der Waals surface area contributed by atoms with Gasteiger partial charge in [-0.25, -0.2) is 0 Å². The summed E-state index contributed by atoms with van der Waals surface area (Å²) < 4.78 is 38.7. The van der Waals surface area contributed by atoms with Gasteiger partial charge in [0.2, 0.25) is 0 Å². The Bertz CT molecular complexity index is 926. The summed E-state index contributed by atoms with van der Waals surface area (Å²) in [6.45, 7) is 3.73. The van der Waals surface area contributed by atoms with Crippen molar-refractivity contribution in [2.45, 2.75) is 20.0 Å². The van der Waals surface area contributed by atoms with Crippen LogP contribution in [0.2, 0.25) is 5.02 Å². The molecule has 0 unspecified atom stereocenters. The zero-order chi connectivity index (χ0) is 20.2. The van der Waals surface area contributed by atoms with Gasteiger partial charge in [0.1, 0.15) is 11.6 Å². The van der Waals surface area contributed by atoms with Crippen LogP contribution in [0.5, 0.6) is 0 Å². The number of halogens is 4. The fourth-order valence-electron chi connectivity index (χ4n) is 2.35. The molecule has 2 aromatic rings. The zero-order valence-electron chi connectivity index (χ0n) is 14.4. The van der Waals surface area contributed by atoms with E-state index in [9.17, 15) is 23.2 Å². The largest absolute Gasteiger partial charge is 0.417 e. The van der Waals surface area contributed by atoms with E-state index in [1.54, 1.807) is 6.07 Å². The Morgan fingerprint density at radius 1 is 1.19 bits per heavy atom. The molecule has 8 heteroatoms. The van der Waals surface area contributed by atoms with E-state index in [1.807, 2.05) is 32.0 Å². The summed E-state index contributed by atoms with van der Waals surface area (Å²) in [6, 6.07) is 10.3. The van der Waals surface area contributed by atoms with Gasteiger partial charge in [-0.2, -0.15) is 18.4 Å². The standard InChI is InChI=1S/C19H15ClF3N3O/c1-11-4-3-5-12(2)17(11)25-10-13(9-24)18(27)26-14-6-7-16(20)15(8-14)19(21,22)23/h3-8,10,25H,1-2H3,(H,26,27)/b13-10-. The third-order valence-corrected chi connectivity index (χ3v) is 4.07. The summed E-state index contributed by atoms with van der Waals surface area (Å²) in [7, 11) is 0. The predicted molar refractivity (Wildman–Crippen MR) is 98.3 cm³/mol. The van der Waals surface area contributed by atoms with Gasteiger partial charge in [0, 0.05) is 17.6 Å². The Hall–Kier alpha value is -2.98. The van der Waals surface area contributed by atoms with Crippen molar-refractivity contribution in [2.75, 3.05) is 10.6 Å². The number of nitriles is 1. The minimum atomic E-state index is -4.66. The van der Waals surface area contributed by atoms with Crippen LogP contribution in [0.25, 0.3) is 0 Å². The summed E-state index contributed by atoms with van der Waals surface area (Å²) in [5.41, 5.74) is 1.08. The van der Waals surface area contributed by atoms with E-state index in [1.165, 1.54) is 12.3 Å². The molecule has 2 aromatic carbocycles. The first-order chi connectivity index (χ1) is 12.6. The fraction of sp³-hybridized carbons (Fsp3) is 0.158. The number of rotatable bonds is 4. The Morgan fingerprint density at radius 3 is 2.37 bits per heavy atom. The number of anilines is 2. The van der Waals surface area contributed by atoms with Gasteiger partial charge in [0.05, 0.1) is 10.6 Å². The number of amides is 1. The van der Waals surface area contributed by atoms with Gasteiger partial charge in [-0.3, -0.25) is 4.79 Å². The molecular weight excluding hydrogens is 379 g/mol. The highest BCUT2D eigenvalue weighted by Crippen LogP contribution is 2.36. The molecule has 0 aliphatic rings. The maximum atomic E-state index is 12.9. The molecule has 27 heavy (non-hydrogen) atoms. The van der Waals surface area contributed by atoms with Gasteiger partial charge >= 0.3 is 6.18 Å². The Balaban J connectivity index is 2.22. The van der Waals surface area contributed by atoms with Crippen molar-refractivity contribution in [2.24, 2.45) is 0 Å². The number of hydrogen-bond acceptors (Lipinski definition) is 3. The number of nitrogens with zero attached hydrogens (tertiary/aromatic N) is 1. The highest BCUT2D eigenvalue weighted by Gasteiger charge is 2.33. The van der Waals surface area contributed by atoms with Crippen LogP contribution in [-0.2, 0) is 11.0 Å². The number of para-hydroxylation sites is 1. The van der Waals surface area contributed by atoms with Crippen LogP contribution in [0.3, 0.4) is 0 Å². The van der Waals surface area contributed by atoms with Crippen molar-refractivity contribution in [3.8, 4) is 6.07 Å². The van der Waals surface area contributed by atoms with Gasteiger partial charge < -0.3 is 10.6 Å². The molecule has 0 bridgehead atoms. The van der Waals surface area contributed by atoms with E-state index in [0.29, 0.717) is 6.07 Å². The lowest BCUT2D eigenvalue weighted by Crippen LogP contribution is -2.15. The van der Waals surface area contributed by atoms with Gasteiger partial charge in [-0.1, -0.05) is 29.8 Å². The molecule has 1 amide bonds. The number of aryl methyl sites for hydroxylation is 2. The first-order valence-electron chi connectivity index (χ1n) is 7.74. The number of alkyl halides is 3. The lowest BCUT2D eigenvalue weighted by Gasteiger charge is -2.12. The summed E-state index contributed by atoms with van der Waals surface area (Å²) in [5.74, 6) is -0.841. The minimum absolute atomic E-state index is 0.120. The Kier molecular flexibility index (Phi) is 6.13. The molecule has 0 spiro atoms. The molecule has 0 heterocycles. The van der Waals surface area contributed by atoms with Crippen molar-refractivity contribution in [1.29, 1.82) is 5.26 Å². The van der Waals surface area contributed by atoms with E-state index in [0.717, 1.165) is 22.9 Å². The molecule has 0 aliphatic carbocycles. The van der Waals surface area contributed by atoms with Crippen molar-refractivity contribution in [1.82, 2.24) is 0 Å². The number of carbonyl (C=O) groups excluding carboxylic acids is 1. The smallest absolute Gasteiger partial charge is 0.360 e. The van der Waals surface area contributed by atoms with Gasteiger partial charge in [0.25, 0.3) is 5.91 Å². The molecule has 0 aliphatic heterocycles. The minimum Gasteiger partial charge on any atom is -0.360 e. The van der Waals surface area contributed by atoms with Gasteiger partial charge in [-0.05, 0) is 43.2 Å². The molecule has 0 fully saturated rings. The predicted octanol–water partition coefficient (Wildman–Crippen LogP) is 5.43. The molecule has 0 saturated heterocycles. The van der Waals surface area contributed by atoms with Crippen LogP contribution in [0.4, 0.5) is 24.5 Å². The third-order valence-electron chi connectivity index (χ3n) is 3.74. The van der Waals surface area contributed by atoms with Crippen LogP contribution in [-0.4, -0.2) is 5.91 Å². The highest BCUT2D eigenvalue weighted by atomic mass is 35.5. The van der Waals surface area contributed by atoms with Gasteiger partial charge in [-0.15, -0.1) is 0 Å². The molecule has 2 rings (SSSR count). The SMILES string of the molecule is Cc1cccc(C)c1N/C=C(/C#N)C(=O)Nc1ccc(Cl)c(C(F)(F)F)c1. The van der Waals surface area contributed by atoms with Crippen molar-refractivity contribution < 1.29 is 18.0 Å². The number of nitrogens with one attached hydrogen (secondary N) is 2. The van der Waals surface area contributed by atoms with Crippen LogP contribution in [0.15, 0.2) is 48.2 Å². The van der Waals surface area contributed by atoms with E-state index < -0.39 is 22.7 Å². The zero-order valence-corrected chi connectivity index (χ0v) is 15.2. The average molecular weight is 394 g/mol. The first kappa shape index (κ1) is 20.3. The highest BCUT2D eigenvalue weighted by molar-refractivity contribution is 6.31. The number of hydrogen-bond donors (Lipinski definition) is 2. The van der Waals surface area contributed by atoms with Crippen LogP contribution in [0.1, 0.15) is 16.7 Å². The summed E-state index contributed by atoms with van der Waals surface area (Å²) in [5, 5.41) is 13.9. The number of carbonyl (C=O) groups is 1. The Morgan fingerprint density at radius 2 is 1.81 bits per heavy atom. The summed E-state index contributed by atoms with van der Waals surface area (Å²) >= 11 is 5.55. The molecule has 0 aromatic heterocycles. The molecule has 4 nitrogen and oxygen atoms in total. The van der Waals surface area contributed by atoms with Crippen LogP contribution < -0.4 is 10.6 Å². The van der Waals surface area contributed by atoms with E-state index in [4.69, 9.17) is 11.6 Å². The topological polar surface area (TPSA) is 64.9 Å². The van der Waals surface area contributed by atoms with Crippen LogP contribution >= 0.6 is 11.6 Å². The van der Waals surface area contributed by atoms with Crippen molar-refractivity contribution in [3.63, 3.8) is 0 Å². The second kappa shape index (κ2) is 8.14. The van der Waals surface area contributed by atoms with Crippen molar-refractivity contribution >= 4 is 28.9 Å². The maximum Gasteiger partial charge on any atom is 0.417 e. The van der Waals surface area contributed by atoms with E-state index in [-0.39, 0.29) is 11.3 Å². The molecular formula is C19H15ClF3N3O. The van der Waals surface area contributed by atoms with E-state index >= 15 is 0 Å². The molecule has 0 atom stereocenters. The first-order valence-corrected chi connectivity index (χ1v) is 8.12. The third kappa shape index (κ3) is 5.02. The summed E-state index contributed by atoms with van der Waals surface area (Å²) in [6.07, 6.45) is -3.44. The average Bonchev–Trinajstić information content (AvgIpc) is 2.58. The maximum absolute atomic E-state index is 12.9. The lowest BCUT2D eigenvalue weighted by molar-refractivity contribution is -0.137. The lowest BCUT2D eigenvalue weighted by atomic mass is 10.1. The second-order valence-corrected chi connectivity index (χ2v) is 6.13. The summed E-state index contributed by atoms with van der Waals surface area (Å²) in [4.78, 5) is 12.2. The van der Waals surface area contributed by atoms with E-state index in [2.05, 4.69) is 10.6 Å². The number of benzene rings is 2. The van der Waals surface area contributed by atoms with Gasteiger partial charge in [0.15, 0.2) is 0 Å². The fourth-order valence-corrected chi connectivity index (χ4v) is 2.58. The van der Waals surface area contributed by atoms with Crippen LogP contribution in [0, 0.1) is 25.2 Å². The second-order valence-electron chi connectivity index (χ2n) is 5.73. The monoisotopic (exact) mass is 393 g/mol. The van der Waals surface area contributed by atoms with Crippen molar-refractivity contribution in [3.05, 3.63) is 69.9 Å². The normalized spacial score (nSPS) is 11.7. The quantitative estimate of drug-likeness (QED) is 0.537. The Labute approximate surface area is 159 Å². The molecule has 140 valence electrons. The molecule has 0 saturated carbocycles.